The molecule has 1 aromatic carbocycles. The number of ether oxygens (including phenoxy) is 1. The SMILES string of the molecule is CCOc1cc(C2C3=C(CCCC3=O)N(CC)C3=C2C(=O)CCC3)cc(Cl)c1O. The lowest BCUT2D eigenvalue weighted by Gasteiger charge is -2.43. The van der Waals surface area contributed by atoms with Crippen LogP contribution in [0.4, 0.5) is 0 Å². The normalized spacial score (nSPS) is 20.2. The van der Waals surface area contributed by atoms with Crippen LogP contribution < -0.4 is 4.74 Å². The largest absolute Gasteiger partial charge is 0.503 e. The van der Waals surface area contributed by atoms with E-state index in [0.717, 1.165) is 60.3 Å². The molecular formula is C23H26ClNO4. The number of ketones is 2. The van der Waals surface area contributed by atoms with Gasteiger partial charge in [-0.3, -0.25) is 9.59 Å². The van der Waals surface area contributed by atoms with Gasteiger partial charge in [-0.15, -0.1) is 0 Å². The third kappa shape index (κ3) is 3.25. The number of hydrogen-bond donors (Lipinski definition) is 1. The maximum absolute atomic E-state index is 13.1. The zero-order valence-electron chi connectivity index (χ0n) is 16.9. The number of carbonyl (C=O) groups excluding carboxylic acids is 2. The Kier molecular flexibility index (Phi) is 5.43. The molecule has 0 bridgehead atoms. The molecule has 0 radical (unpaired) electrons. The molecular weight excluding hydrogens is 390 g/mol. The summed E-state index contributed by atoms with van der Waals surface area (Å²) >= 11 is 6.31. The minimum absolute atomic E-state index is 0.0989. The topological polar surface area (TPSA) is 66.8 Å². The summed E-state index contributed by atoms with van der Waals surface area (Å²) in [5.41, 5.74) is 4.26. The molecule has 0 fully saturated rings. The predicted octanol–water partition coefficient (Wildman–Crippen LogP) is 4.88. The second kappa shape index (κ2) is 7.86. The van der Waals surface area contributed by atoms with Crippen molar-refractivity contribution in [1.82, 2.24) is 4.90 Å². The second-order valence-electron chi connectivity index (χ2n) is 7.73. The zero-order chi connectivity index (χ0) is 20.7. The summed E-state index contributed by atoms with van der Waals surface area (Å²) in [5.74, 6) is -0.0791. The van der Waals surface area contributed by atoms with E-state index in [-0.39, 0.29) is 28.1 Å². The summed E-state index contributed by atoms with van der Waals surface area (Å²) in [6.07, 6.45) is 4.32. The van der Waals surface area contributed by atoms with Gasteiger partial charge in [-0.05, 0) is 57.2 Å². The van der Waals surface area contributed by atoms with E-state index in [4.69, 9.17) is 16.3 Å². The van der Waals surface area contributed by atoms with Crippen LogP contribution in [0.15, 0.2) is 34.7 Å². The minimum Gasteiger partial charge on any atom is -0.503 e. The number of benzene rings is 1. The van der Waals surface area contributed by atoms with E-state index in [9.17, 15) is 14.7 Å². The Morgan fingerprint density at radius 1 is 1.03 bits per heavy atom. The summed E-state index contributed by atoms with van der Waals surface area (Å²) < 4.78 is 5.57. The number of Topliss-reactive ketones (excluding diaryl/α,β-unsaturated/α-hetero) is 2. The average molecular weight is 416 g/mol. The number of phenolic OH excluding ortho intramolecular Hbond substituents is 1. The lowest BCUT2D eigenvalue weighted by molar-refractivity contribution is -0.117. The Morgan fingerprint density at radius 3 is 2.14 bits per heavy atom. The number of halogens is 1. The van der Waals surface area contributed by atoms with Crippen LogP contribution in [-0.4, -0.2) is 34.7 Å². The monoisotopic (exact) mass is 415 g/mol. The summed E-state index contributed by atoms with van der Waals surface area (Å²) in [6, 6.07) is 3.40. The summed E-state index contributed by atoms with van der Waals surface area (Å²) in [4.78, 5) is 28.4. The van der Waals surface area contributed by atoms with Crippen LogP contribution in [0.5, 0.6) is 11.5 Å². The Hall–Kier alpha value is -2.27. The number of rotatable bonds is 4. The number of carbonyl (C=O) groups is 2. The molecule has 1 aromatic rings. The maximum atomic E-state index is 13.1. The lowest BCUT2D eigenvalue weighted by atomic mass is 9.71. The molecule has 0 spiro atoms. The molecule has 6 heteroatoms. The third-order valence-corrected chi connectivity index (χ3v) is 6.37. The molecule has 5 nitrogen and oxygen atoms in total. The fourth-order valence-corrected chi connectivity index (χ4v) is 5.18. The van der Waals surface area contributed by atoms with Gasteiger partial charge >= 0.3 is 0 Å². The van der Waals surface area contributed by atoms with Crippen LogP contribution in [0.3, 0.4) is 0 Å². The maximum Gasteiger partial charge on any atom is 0.176 e. The number of aromatic hydroxyl groups is 1. The van der Waals surface area contributed by atoms with Crippen LogP contribution in [0.25, 0.3) is 0 Å². The van der Waals surface area contributed by atoms with Gasteiger partial charge in [0.25, 0.3) is 0 Å². The van der Waals surface area contributed by atoms with E-state index in [1.54, 1.807) is 12.1 Å². The number of hydrogen-bond acceptors (Lipinski definition) is 5. The van der Waals surface area contributed by atoms with Crippen molar-refractivity contribution < 1.29 is 19.4 Å². The highest BCUT2D eigenvalue weighted by Crippen LogP contribution is 2.50. The molecule has 3 aliphatic rings. The Bertz CT molecular complexity index is 902. The van der Waals surface area contributed by atoms with Gasteiger partial charge in [-0.1, -0.05) is 11.6 Å². The molecule has 0 saturated carbocycles. The highest BCUT2D eigenvalue weighted by atomic mass is 35.5. The molecule has 1 aliphatic heterocycles. The van der Waals surface area contributed by atoms with Crippen LogP contribution in [0.2, 0.25) is 5.02 Å². The van der Waals surface area contributed by atoms with Gasteiger partial charge in [0, 0.05) is 47.8 Å². The first-order chi connectivity index (χ1) is 14.0. The van der Waals surface area contributed by atoms with Crippen molar-refractivity contribution in [3.63, 3.8) is 0 Å². The highest BCUT2D eigenvalue weighted by Gasteiger charge is 2.43. The average Bonchev–Trinajstić information content (AvgIpc) is 2.70. The smallest absolute Gasteiger partial charge is 0.176 e. The van der Waals surface area contributed by atoms with Gasteiger partial charge in [0.15, 0.2) is 23.1 Å². The van der Waals surface area contributed by atoms with Gasteiger partial charge in [-0.2, -0.15) is 0 Å². The van der Waals surface area contributed by atoms with Crippen LogP contribution in [-0.2, 0) is 9.59 Å². The molecule has 4 rings (SSSR count). The van der Waals surface area contributed by atoms with Crippen molar-refractivity contribution in [3.05, 3.63) is 45.3 Å². The Balaban J connectivity index is 1.97. The summed E-state index contributed by atoms with van der Waals surface area (Å²) in [6.45, 7) is 5.02. The van der Waals surface area contributed by atoms with Gasteiger partial charge in [-0.25, -0.2) is 0 Å². The van der Waals surface area contributed by atoms with Crippen molar-refractivity contribution in [1.29, 1.82) is 0 Å². The predicted molar refractivity (Wildman–Crippen MR) is 111 cm³/mol. The Labute approximate surface area is 176 Å². The van der Waals surface area contributed by atoms with Crippen molar-refractivity contribution >= 4 is 23.2 Å². The molecule has 2 aliphatic carbocycles. The van der Waals surface area contributed by atoms with E-state index >= 15 is 0 Å². The lowest BCUT2D eigenvalue weighted by Crippen LogP contribution is -2.39. The first-order valence-corrected chi connectivity index (χ1v) is 10.8. The van der Waals surface area contributed by atoms with Gasteiger partial charge in [0.2, 0.25) is 0 Å². The van der Waals surface area contributed by atoms with Gasteiger partial charge in [0.05, 0.1) is 11.6 Å². The van der Waals surface area contributed by atoms with Crippen molar-refractivity contribution in [3.8, 4) is 11.5 Å². The van der Waals surface area contributed by atoms with Crippen LogP contribution >= 0.6 is 11.6 Å². The second-order valence-corrected chi connectivity index (χ2v) is 8.14. The number of phenols is 1. The standard InChI is InChI=1S/C23H26ClNO4/c1-3-25-15-7-5-9-17(26)21(15)20(22-16(25)8-6-10-18(22)27)13-11-14(24)23(28)19(12-13)29-4-2/h11-12,20,28H,3-10H2,1-2H3. The first-order valence-electron chi connectivity index (χ1n) is 10.4. The fourth-order valence-electron chi connectivity index (χ4n) is 4.96. The first kappa shape index (κ1) is 20.0. The molecule has 0 unspecified atom stereocenters. The molecule has 0 aromatic heterocycles. The number of allylic oxidation sites excluding steroid dienone is 4. The Morgan fingerprint density at radius 2 is 1.62 bits per heavy atom. The molecule has 0 atom stereocenters. The molecule has 1 heterocycles. The summed E-state index contributed by atoms with van der Waals surface area (Å²) in [5, 5.41) is 10.4. The molecule has 0 saturated heterocycles. The zero-order valence-corrected chi connectivity index (χ0v) is 17.6. The third-order valence-electron chi connectivity index (χ3n) is 6.09. The van der Waals surface area contributed by atoms with Crippen LogP contribution in [0, 0.1) is 0 Å². The molecule has 29 heavy (non-hydrogen) atoms. The van der Waals surface area contributed by atoms with E-state index in [1.807, 2.05) is 6.92 Å². The van der Waals surface area contributed by atoms with E-state index in [1.165, 1.54) is 0 Å². The minimum atomic E-state index is -0.444. The highest BCUT2D eigenvalue weighted by molar-refractivity contribution is 6.32. The number of nitrogens with zero attached hydrogens (tertiary/aromatic N) is 1. The van der Waals surface area contributed by atoms with Crippen molar-refractivity contribution in [2.75, 3.05) is 13.2 Å². The van der Waals surface area contributed by atoms with Gasteiger partial charge in [0.1, 0.15) is 0 Å². The van der Waals surface area contributed by atoms with E-state index in [2.05, 4.69) is 11.8 Å². The molecule has 1 N–H and O–H groups in total. The van der Waals surface area contributed by atoms with E-state index in [0.29, 0.717) is 19.4 Å². The summed E-state index contributed by atoms with van der Waals surface area (Å²) in [7, 11) is 0. The van der Waals surface area contributed by atoms with Crippen LogP contribution in [0.1, 0.15) is 63.9 Å². The molecule has 0 amide bonds. The molecule has 154 valence electrons. The van der Waals surface area contributed by atoms with Crippen molar-refractivity contribution in [2.45, 2.75) is 58.3 Å². The van der Waals surface area contributed by atoms with E-state index < -0.39 is 5.92 Å². The van der Waals surface area contributed by atoms with Gasteiger partial charge < -0.3 is 14.7 Å². The fraction of sp³-hybridized carbons (Fsp3) is 0.478. The quantitative estimate of drug-likeness (QED) is 0.759. The van der Waals surface area contributed by atoms with Crippen molar-refractivity contribution in [2.24, 2.45) is 0 Å².